The summed E-state index contributed by atoms with van der Waals surface area (Å²) in [6.07, 6.45) is 10.4. The molecule has 0 bridgehead atoms. The first kappa shape index (κ1) is 15.8. The van der Waals surface area contributed by atoms with Crippen molar-refractivity contribution in [1.82, 2.24) is 0 Å². The van der Waals surface area contributed by atoms with Gasteiger partial charge in [-0.1, -0.05) is 94.3 Å². The smallest absolute Gasteiger partial charge is 0.0108 e. The lowest BCUT2D eigenvalue weighted by Crippen LogP contribution is -2.00. The Hall–Kier alpha value is -2.08. The number of rotatable bonds is 7. The van der Waals surface area contributed by atoms with Crippen molar-refractivity contribution in [2.45, 2.75) is 44.9 Å². The topological polar surface area (TPSA) is 0 Å². The zero-order chi connectivity index (χ0) is 16.2. The van der Waals surface area contributed by atoms with Crippen LogP contribution in [-0.4, -0.2) is 0 Å². The van der Waals surface area contributed by atoms with Crippen LogP contribution in [0.25, 0.3) is 23.3 Å². The molecule has 0 fully saturated rings. The molecule has 0 aliphatic heterocycles. The van der Waals surface area contributed by atoms with Crippen LogP contribution in [0.1, 0.15) is 67.2 Å². The van der Waals surface area contributed by atoms with Gasteiger partial charge in [-0.15, -0.1) is 0 Å². The highest BCUT2D eigenvalue weighted by Crippen LogP contribution is 2.49. The van der Waals surface area contributed by atoms with Gasteiger partial charge in [0.15, 0.2) is 0 Å². The summed E-state index contributed by atoms with van der Waals surface area (Å²) in [6.45, 7) is 10.3. The van der Waals surface area contributed by atoms with Gasteiger partial charge in [-0.3, -0.25) is 0 Å². The lowest BCUT2D eigenvalue weighted by molar-refractivity contribution is 0.601. The predicted molar refractivity (Wildman–Crippen MR) is 103 cm³/mol. The van der Waals surface area contributed by atoms with Crippen molar-refractivity contribution in [1.29, 1.82) is 0 Å². The Morgan fingerprint density at radius 1 is 0.913 bits per heavy atom. The lowest BCUT2D eigenvalue weighted by Gasteiger charge is -2.17. The molecule has 3 rings (SSSR count). The van der Waals surface area contributed by atoms with Crippen molar-refractivity contribution in [3.63, 3.8) is 0 Å². The fraction of sp³-hybridized carbons (Fsp3) is 0.304. The van der Waals surface area contributed by atoms with E-state index in [0.29, 0.717) is 5.92 Å². The van der Waals surface area contributed by atoms with E-state index in [1.54, 1.807) is 0 Å². The van der Waals surface area contributed by atoms with E-state index < -0.39 is 0 Å². The summed E-state index contributed by atoms with van der Waals surface area (Å²) in [5.41, 5.74) is 8.22. The lowest BCUT2D eigenvalue weighted by atomic mass is 9.86. The van der Waals surface area contributed by atoms with Crippen LogP contribution in [0.3, 0.4) is 0 Å². The number of hydrogen-bond acceptors (Lipinski definition) is 0. The Kier molecular flexibility index (Phi) is 4.81. The maximum Gasteiger partial charge on any atom is 0.0108 e. The average Bonchev–Trinajstić information content (AvgIpc) is 2.92. The van der Waals surface area contributed by atoms with Gasteiger partial charge in [-0.25, -0.2) is 0 Å². The molecule has 0 N–H and O–H groups in total. The van der Waals surface area contributed by atoms with Gasteiger partial charge in [-0.2, -0.15) is 0 Å². The fourth-order valence-electron chi connectivity index (χ4n) is 3.95. The van der Waals surface area contributed by atoms with Crippen molar-refractivity contribution >= 4 is 12.2 Å². The second-order valence-corrected chi connectivity index (χ2v) is 6.43. The monoisotopic (exact) mass is 302 g/mol. The van der Waals surface area contributed by atoms with Gasteiger partial charge in [0.1, 0.15) is 0 Å². The summed E-state index contributed by atoms with van der Waals surface area (Å²) in [5, 5.41) is 0. The number of unbranched alkanes of at least 4 members (excludes halogenated alkanes) is 3. The van der Waals surface area contributed by atoms with Crippen molar-refractivity contribution in [2.24, 2.45) is 0 Å². The van der Waals surface area contributed by atoms with Crippen molar-refractivity contribution in [3.05, 3.63) is 71.8 Å². The quantitative estimate of drug-likeness (QED) is 0.480. The van der Waals surface area contributed by atoms with Gasteiger partial charge in [0.25, 0.3) is 0 Å². The zero-order valence-electron chi connectivity index (χ0n) is 14.1. The zero-order valence-corrected chi connectivity index (χ0v) is 14.1. The van der Waals surface area contributed by atoms with Gasteiger partial charge >= 0.3 is 0 Å². The maximum absolute atomic E-state index is 4.08. The highest BCUT2D eigenvalue weighted by molar-refractivity contribution is 5.85. The third-order valence-electron chi connectivity index (χ3n) is 5.07. The molecular formula is C23H26. The third kappa shape index (κ3) is 2.79. The van der Waals surface area contributed by atoms with E-state index in [2.05, 4.69) is 56.5 Å². The van der Waals surface area contributed by atoms with E-state index >= 15 is 0 Å². The van der Waals surface area contributed by atoms with Crippen molar-refractivity contribution in [3.8, 4) is 11.1 Å². The molecule has 0 spiro atoms. The average molecular weight is 302 g/mol. The first-order chi connectivity index (χ1) is 11.3. The van der Waals surface area contributed by atoms with Crippen LogP contribution in [0.4, 0.5) is 0 Å². The van der Waals surface area contributed by atoms with Crippen LogP contribution < -0.4 is 0 Å². The highest BCUT2D eigenvalue weighted by atomic mass is 14.3. The first-order valence-electron chi connectivity index (χ1n) is 8.82. The van der Waals surface area contributed by atoms with E-state index in [1.807, 2.05) is 12.2 Å². The Balaban J connectivity index is 2.06. The minimum absolute atomic E-state index is 0.506. The van der Waals surface area contributed by atoms with Crippen molar-refractivity contribution in [2.75, 3.05) is 0 Å². The van der Waals surface area contributed by atoms with E-state index in [9.17, 15) is 0 Å². The van der Waals surface area contributed by atoms with Gasteiger partial charge < -0.3 is 0 Å². The van der Waals surface area contributed by atoms with E-state index in [-0.39, 0.29) is 0 Å². The molecule has 118 valence electrons. The van der Waals surface area contributed by atoms with Crippen molar-refractivity contribution < 1.29 is 0 Å². The standard InChI is InChI=1S/C23H26/c1-4-7-8-9-14-21-19-12-10-11-13-20(19)22-16-15-17(5-2)18(6-3)23(21)22/h5-6,10-13,15-16,21H,2-4,7-9,14H2,1H3. The minimum Gasteiger partial charge on any atom is -0.0984 e. The molecule has 0 radical (unpaired) electrons. The summed E-state index contributed by atoms with van der Waals surface area (Å²) in [7, 11) is 0. The molecule has 1 atom stereocenters. The summed E-state index contributed by atoms with van der Waals surface area (Å²) >= 11 is 0. The molecule has 0 nitrogen and oxygen atoms in total. The summed E-state index contributed by atoms with van der Waals surface area (Å²) in [6, 6.07) is 13.3. The molecule has 1 aliphatic carbocycles. The number of benzene rings is 2. The Morgan fingerprint density at radius 2 is 1.74 bits per heavy atom. The van der Waals surface area contributed by atoms with Crippen LogP contribution >= 0.6 is 0 Å². The van der Waals surface area contributed by atoms with Crippen LogP contribution in [0.15, 0.2) is 49.6 Å². The maximum atomic E-state index is 4.08. The molecule has 0 saturated heterocycles. The van der Waals surface area contributed by atoms with Crippen LogP contribution in [0.5, 0.6) is 0 Å². The molecule has 1 aliphatic rings. The summed E-state index contributed by atoms with van der Waals surface area (Å²) in [5.74, 6) is 0.506. The van der Waals surface area contributed by atoms with Gasteiger partial charge in [0, 0.05) is 5.92 Å². The van der Waals surface area contributed by atoms with Crippen LogP contribution in [0, 0.1) is 0 Å². The fourth-order valence-corrected chi connectivity index (χ4v) is 3.95. The molecular weight excluding hydrogens is 276 g/mol. The summed E-state index contributed by atoms with van der Waals surface area (Å²) < 4.78 is 0. The molecule has 1 unspecified atom stereocenters. The molecule has 0 heteroatoms. The van der Waals surface area contributed by atoms with Crippen LogP contribution in [-0.2, 0) is 0 Å². The molecule has 0 amide bonds. The van der Waals surface area contributed by atoms with E-state index in [4.69, 9.17) is 0 Å². The Labute approximate surface area is 140 Å². The molecule has 23 heavy (non-hydrogen) atoms. The molecule has 0 saturated carbocycles. The van der Waals surface area contributed by atoms with Gasteiger partial charge in [0.2, 0.25) is 0 Å². The predicted octanol–water partition coefficient (Wildman–Crippen LogP) is 7.06. The largest absolute Gasteiger partial charge is 0.0984 e. The van der Waals surface area contributed by atoms with Gasteiger partial charge in [-0.05, 0) is 39.8 Å². The molecule has 2 aromatic carbocycles. The first-order valence-corrected chi connectivity index (χ1v) is 8.82. The number of fused-ring (bicyclic) bond motifs is 3. The van der Waals surface area contributed by atoms with Crippen LogP contribution in [0.2, 0.25) is 0 Å². The minimum atomic E-state index is 0.506. The highest BCUT2D eigenvalue weighted by Gasteiger charge is 2.30. The second-order valence-electron chi connectivity index (χ2n) is 6.43. The molecule has 2 aromatic rings. The SMILES string of the molecule is C=Cc1ccc2c(c1C=C)C(CCCCCC)c1ccccc1-2. The summed E-state index contributed by atoms with van der Waals surface area (Å²) in [4.78, 5) is 0. The normalized spacial score (nSPS) is 15.1. The molecule has 0 aromatic heterocycles. The Morgan fingerprint density at radius 3 is 2.48 bits per heavy atom. The van der Waals surface area contributed by atoms with E-state index in [1.165, 1.54) is 65.5 Å². The Bertz CT molecular complexity index is 721. The van der Waals surface area contributed by atoms with Gasteiger partial charge in [0.05, 0.1) is 0 Å². The number of hydrogen-bond donors (Lipinski definition) is 0. The van der Waals surface area contributed by atoms with E-state index in [0.717, 1.165) is 0 Å². The second kappa shape index (κ2) is 7.00. The third-order valence-corrected chi connectivity index (χ3v) is 5.07. The molecule has 0 heterocycles.